The molecule has 3 rings (SSSR count). The van der Waals surface area contributed by atoms with Crippen molar-refractivity contribution < 1.29 is 0 Å². The summed E-state index contributed by atoms with van der Waals surface area (Å²) >= 11 is 0. The van der Waals surface area contributed by atoms with Crippen LogP contribution in [0.3, 0.4) is 0 Å². The monoisotopic (exact) mass is 367 g/mol. The van der Waals surface area contributed by atoms with E-state index in [4.69, 9.17) is 4.98 Å². The molecule has 0 bridgehead atoms. The smallest absolute Gasteiger partial charge is 0.136 e. The molecule has 1 fully saturated rings. The summed E-state index contributed by atoms with van der Waals surface area (Å²) in [6, 6.07) is 8.69. The fourth-order valence-corrected chi connectivity index (χ4v) is 3.64. The number of hydrogen-bond acceptors (Lipinski definition) is 5. The zero-order valence-electron chi connectivity index (χ0n) is 17.6. The average molecular weight is 368 g/mol. The standard InChI is InChI=1S/C22H33N5/c1-15(2)18-8-7-9-19(16(3)4)22(18)25-20-14-21(24-17(5)23-20)27-12-10-26(6)11-13-27/h7-9,14-16H,10-13H2,1-6H3,(H,23,24,25). The Morgan fingerprint density at radius 2 is 1.52 bits per heavy atom. The van der Waals surface area contributed by atoms with Gasteiger partial charge in [0, 0.05) is 37.9 Å². The van der Waals surface area contributed by atoms with E-state index in [-0.39, 0.29) is 0 Å². The first-order valence-electron chi connectivity index (χ1n) is 10.0. The lowest BCUT2D eigenvalue weighted by molar-refractivity contribution is 0.312. The van der Waals surface area contributed by atoms with Gasteiger partial charge in [-0.1, -0.05) is 45.9 Å². The summed E-state index contributed by atoms with van der Waals surface area (Å²) in [5.74, 6) is 3.61. The number of piperazine rings is 1. The molecule has 0 amide bonds. The van der Waals surface area contributed by atoms with E-state index in [1.807, 2.05) is 6.92 Å². The van der Waals surface area contributed by atoms with Gasteiger partial charge in [-0.25, -0.2) is 9.97 Å². The molecule has 0 spiro atoms. The lowest BCUT2D eigenvalue weighted by atomic mass is 9.92. The van der Waals surface area contributed by atoms with Crippen molar-refractivity contribution in [1.82, 2.24) is 14.9 Å². The van der Waals surface area contributed by atoms with E-state index in [0.29, 0.717) is 11.8 Å². The van der Waals surface area contributed by atoms with Gasteiger partial charge in [0.15, 0.2) is 0 Å². The number of anilines is 3. The van der Waals surface area contributed by atoms with Gasteiger partial charge in [0.2, 0.25) is 0 Å². The molecule has 0 atom stereocenters. The fourth-order valence-electron chi connectivity index (χ4n) is 3.64. The van der Waals surface area contributed by atoms with Gasteiger partial charge < -0.3 is 15.1 Å². The Kier molecular flexibility index (Phi) is 6.00. The molecular formula is C22H33N5. The van der Waals surface area contributed by atoms with E-state index >= 15 is 0 Å². The Labute approximate surface area is 163 Å². The minimum Gasteiger partial charge on any atom is -0.354 e. The number of rotatable bonds is 5. The van der Waals surface area contributed by atoms with Gasteiger partial charge in [-0.3, -0.25) is 0 Å². The molecule has 1 N–H and O–H groups in total. The molecular weight excluding hydrogens is 334 g/mol. The van der Waals surface area contributed by atoms with E-state index in [9.17, 15) is 0 Å². The van der Waals surface area contributed by atoms with E-state index < -0.39 is 0 Å². The Morgan fingerprint density at radius 3 is 2.07 bits per heavy atom. The van der Waals surface area contributed by atoms with Crippen LogP contribution < -0.4 is 10.2 Å². The summed E-state index contributed by atoms with van der Waals surface area (Å²) in [6.45, 7) is 15.1. The van der Waals surface area contributed by atoms with Gasteiger partial charge in [0.05, 0.1) is 0 Å². The van der Waals surface area contributed by atoms with Gasteiger partial charge in [0.1, 0.15) is 17.5 Å². The molecule has 1 aromatic heterocycles. The molecule has 0 radical (unpaired) electrons. The highest BCUT2D eigenvalue weighted by Crippen LogP contribution is 2.34. The predicted octanol–water partition coefficient (Wildman–Crippen LogP) is 4.53. The topological polar surface area (TPSA) is 44.3 Å². The van der Waals surface area contributed by atoms with Crippen molar-refractivity contribution >= 4 is 17.3 Å². The second-order valence-electron chi connectivity index (χ2n) is 8.19. The molecule has 0 aliphatic carbocycles. The summed E-state index contributed by atoms with van der Waals surface area (Å²) in [5.41, 5.74) is 3.86. The van der Waals surface area contributed by atoms with Crippen LogP contribution in [-0.4, -0.2) is 48.1 Å². The van der Waals surface area contributed by atoms with Crippen molar-refractivity contribution in [3.63, 3.8) is 0 Å². The molecule has 1 aliphatic rings. The molecule has 5 heteroatoms. The number of nitrogens with zero attached hydrogens (tertiary/aromatic N) is 4. The molecule has 1 aliphatic heterocycles. The first-order valence-corrected chi connectivity index (χ1v) is 10.0. The number of para-hydroxylation sites is 1. The quantitative estimate of drug-likeness (QED) is 0.841. The highest BCUT2D eigenvalue weighted by Gasteiger charge is 2.18. The third-order valence-electron chi connectivity index (χ3n) is 5.28. The van der Waals surface area contributed by atoms with E-state index in [1.54, 1.807) is 0 Å². The number of nitrogens with one attached hydrogen (secondary N) is 1. The van der Waals surface area contributed by atoms with Gasteiger partial charge in [-0.15, -0.1) is 0 Å². The summed E-state index contributed by atoms with van der Waals surface area (Å²) in [7, 11) is 2.17. The minimum atomic E-state index is 0.450. The second-order valence-corrected chi connectivity index (χ2v) is 8.19. The van der Waals surface area contributed by atoms with Crippen molar-refractivity contribution in [2.45, 2.75) is 46.5 Å². The fraction of sp³-hybridized carbons (Fsp3) is 0.545. The van der Waals surface area contributed by atoms with Crippen molar-refractivity contribution in [2.24, 2.45) is 0 Å². The van der Waals surface area contributed by atoms with Crippen LogP contribution >= 0.6 is 0 Å². The van der Waals surface area contributed by atoms with Gasteiger partial charge in [-0.05, 0) is 36.9 Å². The molecule has 5 nitrogen and oxygen atoms in total. The molecule has 2 aromatic rings. The lowest BCUT2D eigenvalue weighted by Crippen LogP contribution is -2.44. The van der Waals surface area contributed by atoms with Crippen molar-refractivity contribution in [2.75, 3.05) is 43.4 Å². The molecule has 27 heavy (non-hydrogen) atoms. The zero-order valence-corrected chi connectivity index (χ0v) is 17.6. The van der Waals surface area contributed by atoms with Gasteiger partial charge >= 0.3 is 0 Å². The Bertz CT molecular complexity index is 750. The second kappa shape index (κ2) is 8.26. The van der Waals surface area contributed by atoms with Crippen LogP contribution in [-0.2, 0) is 0 Å². The number of aryl methyl sites for hydroxylation is 1. The predicted molar refractivity (Wildman–Crippen MR) is 114 cm³/mol. The first kappa shape index (κ1) is 19.6. The van der Waals surface area contributed by atoms with Crippen LogP contribution in [0.25, 0.3) is 0 Å². The van der Waals surface area contributed by atoms with Crippen LogP contribution in [0, 0.1) is 6.92 Å². The van der Waals surface area contributed by atoms with Crippen molar-refractivity contribution in [1.29, 1.82) is 0 Å². The maximum Gasteiger partial charge on any atom is 0.136 e. The number of hydrogen-bond donors (Lipinski definition) is 1. The molecule has 0 saturated carbocycles. The Hall–Kier alpha value is -2.14. The molecule has 1 aromatic carbocycles. The molecule has 1 saturated heterocycles. The third-order valence-corrected chi connectivity index (χ3v) is 5.28. The van der Waals surface area contributed by atoms with Crippen molar-refractivity contribution in [3.8, 4) is 0 Å². The number of likely N-dealkylation sites (N-methyl/N-ethyl adjacent to an activating group) is 1. The molecule has 146 valence electrons. The number of aromatic nitrogens is 2. The maximum absolute atomic E-state index is 4.70. The third kappa shape index (κ3) is 4.59. The Morgan fingerprint density at radius 1 is 0.926 bits per heavy atom. The summed E-state index contributed by atoms with van der Waals surface area (Å²) in [5, 5.41) is 3.64. The van der Waals surface area contributed by atoms with Crippen LogP contribution in [0.4, 0.5) is 17.3 Å². The summed E-state index contributed by atoms with van der Waals surface area (Å²) in [4.78, 5) is 14.1. The highest BCUT2D eigenvalue weighted by molar-refractivity contribution is 5.68. The summed E-state index contributed by atoms with van der Waals surface area (Å²) < 4.78 is 0. The van der Waals surface area contributed by atoms with Gasteiger partial charge in [-0.2, -0.15) is 0 Å². The largest absolute Gasteiger partial charge is 0.354 e. The van der Waals surface area contributed by atoms with E-state index in [1.165, 1.54) is 16.8 Å². The number of benzene rings is 1. The zero-order chi connectivity index (χ0) is 19.6. The lowest BCUT2D eigenvalue weighted by Gasteiger charge is -2.33. The van der Waals surface area contributed by atoms with Crippen molar-refractivity contribution in [3.05, 3.63) is 41.2 Å². The average Bonchev–Trinajstić information content (AvgIpc) is 2.61. The summed E-state index contributed by atoms with van der Waals surface area (Å²) in [6.07, 6.45) is 0. The van der Waals surface area contributed by atoms with Crippen LogP contribution in [0.1, 0.15) is 56.5 Å². The SMILES string of the molecule is Cc1nc(Nc2c(C(C)C)cccc2C(C)C)cc(N2CCN(C)CC2)n1. The van der Waals surface area contributed by atoms with Crippen LogP contribution in [0.2, 0.25) is 0 Å². The van der Waals surface area contributed by atoms with E-state index in [2.05, 4.69) is 79.1 Å². The van der Waals surface area contributed by atoms with Gasteiger partial charge in [0.25, 0.3) is 0 Å². The highest BCUT2D eigenvalue weighted by atomic mass is 15.3. The normalized spacial score (nSPS) is 15.6. The first-order chi connectivity index (χ1) is 12.8. The Balaban J connectivity index is 1.94. The maximum atomic E-state index is 4.70. The molecule has 2 heterocycles. The minimum absolute atomic E-state index is 0.450. The van der Waals surface area contributed by atoms with E-state index in [0.717, 1.165) is 43.6 Å². The van der Waals surface area contributed by atoms with Crippen LogP contribution in [0.15, 0.2) is 24.3 Å². The van der Waals surface area contributed by atoms with Crippen LogP contribution in [0.5, 0.6) is 0 Å². The molecule has 0 unspecified atom stereocenters.